The number of ether oxygens (including phenoxy) is 1. The van der Waals surface area contributed by atoms with Gasteiger partial charge >= 0.3 is 6.18 Å². The van der Waals surface area contributed by atoms with Crippen LogP contribution in [-0.4, -0.2) is 37.2 Å². The van der Waals surface area contributed by atoms with Gasteiger partial charge in [0.2, 0.25) is 0 Å². The largest absolute Gasteiger partial charge is 0.496 e. The fourth-order valence-electron chi connectivity index (χ4n) is 2.45. The van der Waals surface area contributed by atoms with Crippen LogP contribution in [0.2, 0.25) is 0 Å². The Morgan fingerprint density at radius 2 is 1.95 bits per heavy atom. The summed E-state index contributed by atoms with van der Waals surface area (Å²) in [5, 5.41) is 0. The van der Waals surface area contributed by atoms with Crippen LogP contribution in [0.3, 0.4) is 0 Å². The smallest absolute Gasteiger partial charge is 0.391 e. The third-order valence-corrected chi connectivity index (χ3v) is 4.32. The number of alkyl halides is 3. The van der Waals surface area contributed by atoms with E-state index in [0.29, 0.717) is 15.8 Å². The van der Waals surface area contributed by atoms with E-state index in [9.17, 15) is 18.0 Å². The Labute approximate surface area is 129 Å². The first-order chi connectivity index (χ1) is 9.84. The Balaban J connectivity index is 2.13. The molecule has 1 aromatic carbocycles. The van der Waals surface area contributed by atoms with Crippen molar-refractivity contribution in [3.05, 3.63) is 28.2 Å². The number of hydrogen-bond acceptors (Lipinski definition) is 2. The van der Waals surface area contributed by atoms with Gasteiger partial charge in [-0.1, -0.05) is 6.07 Å². The van der Waals surface area contributed by atoms with Crippen molar-refractivity contribution in [1.29, 1.82) is 0 Å². The molecule has 116 valence electrons. The average Bonchev–Trinajstić information content (AvgIpc) is 2.45. The molecule has 1 heterocycles. The molecule has 0 aliphatic carbocycles. The second-order valence-corrected chi connectivity index (χ2v) is 5.78. The van der Waals surface area contributed by atoms with Crippen LogP contribution in [0.5, 0.6) is 5.75 Å². The summed E-state index contributed by atoms with van der Waals surface area (Å²) >= 11 is 3.29. The molecule has 1 aliphatic heterocycles. The van der Waals surface area contributed by atoms with E-state index in [-0.39, 0.29) is 31.8 Å². The predicted octanol–water partition coefficient (Wildman–Crippen LogP) is 3.87. The zero-order valence-corrected chi connectivity index (χ0v) is 13.0. The Kier molecular flexibility index (Phi) is 4.81. The molecule has 2 rings (SSSR count). The average molecular weight is 366 g/mol. The summed E-state index contributed by atoms with van der Waals surface area (Å²) in [7, 11) is 1.45. The SMILES string of the molecule is COc1cccc(Br)c1C(=O)N1CCC(C(F)(F)F)CC1. The van der Waals surface area contributed by atoms with Gasteiger partial charge < -0.3 is 9.64 Å². The molecule has 7 heteroatoms. The number of nitrogens with zero attached hydrogens (tertiary/aromatic N) is 1. The summed E-state index contributed by atoms with van der Waals surface area (Å²) in [6.45, 7) is 0.209. The second-order valence-electron chi connectivity index (χ2n) is 4.93. The van der Waals surface area contributed by atoms with E-state index in [2.05, 4.69) is 15.9 Å². The van der Waals surface area contributed by atoms with E-state index < -0.39 is 12.1 Å². The molecule has 0 bridgehead atoms. The zero-order chi connectivity index (χ0) is 15.6. The molecule has 1 aromatic rings. The second kappa shape index (κ2) is 6.25. The summed E-state index contributed by atoms with van der Waals surface area (Å²) in [5.74, 6) is -1.21. The van der Waals surface area contributed by atoms with Crippen LogP contribution in [0.15, 0.2) is 22.7 Å². The van der Waals surface area contributed by atoms with Crippen molar-refractivity contribution >= 4 is 21.8 Å². The fraction of sp³-hybridized carbons (Fsp3) is 0.500. The number of carbonyl (C=O) groups excluding carboxylic acids is 1. The zero-order valence-electron chi connectivity index (χ0n) is 11.4. The predicted molar refractivity (Wildman–Crippen MR) is 75.4 cm³/mol. The van der Waals surface area contributed by atoms with E-state index >= 15 is 0 Å². The van der Waals surface area contributed by atoms with E-state index in [1.54, 1.807) is 18.2 Å². The molecular weight excluding hydrogens is 351 g/mol. The Morgan fingerprint density at radius 3 is 2.48 bits per heavy atom. The molecule has 0 unspecified atom stereocenters. The van der Waals surface area contributed by atoms with Gasteiger partial charge in [0.1, 0.15) is 5.75 Å². The van der Waals surface area contributed by atoms with Crippen molar-refractivity contribution in [1.82, 2.24) is 4.90 Å². The van der Waals surface area contributed by atoms with Crippen LogP contribution in [0, 0.1) is 5.92 Å². The van der Waals surface area contributed by atoms with Gasteiger partial charge in [0.05, 0.1) is 18.6 Å². The van der Waals surface area contributed by atoms with Crippen LogP contribution in [-0.2, 0) is 0 Å². The van der Waals surface area contributed by atoms with Gasteiger partial charge in [0, 0.05) is 17.6 Å². The van der Waals surface area contributed by atoms with Crippen LogP contribution < -0.4 is 4.74 Å². The number of likely N-dealkylation sites (tertiary alicyclic amines) is 1. The van der Waals surface area contributed by atoms with Gasteiger partial charge in [-0.05, 0) is 40.9 Å². The quantitative estimate of drug-likeness (QED) is 0.795. The maximum atomic E-state index is 12.6. The normalized spacial score (nSPS) is 16.9. The number of piperidine rings is 1. The molecule has 0 atom stereocenters. The Bertz CT molecular complexity index is 525. The molecule has 1 saturated heterocycles. The van der Waals surface area contributed by atoms with Gasteiger partial charge in [-0.15, -0.1) is 0 Å². The summed E-state index contributed by atoms with van der Waals surface area (Å²) < 4.78 is 43.7. The Hall–Kier alpha value is -1.24. The van der Waals surface area contributed by atoms with Gasteiger partial charge in [-0.3, -0.25) is 4.79 Å². The molecule has 3 nitrogen and oxygen atoms in total. The van der Waals surface area contributed by atoms with Gasteiger partial charge in [-0.2, -0.15) is 13.2 Å². The van der Waals surface area contributed by atoms with Crippen molar-refractivity contribution < 1.29 is 22.7 Å². The summed E-state index contributed by atoms with van der Waals surface area (Å²) in [5.41, 5.74) is 0.352. The fourth-order valence-corrected chi connectivity index (χ4v) is 2.97. The number of carbonyl (C=O) groups is 1. The van der Waals surface area contributed by atoms with E-state index in [0.717, 1.165) is 0 Å². The molecule has 0 radical (unpaired) electrons. The summed E-state index contributed by atoms with van der Waals surface area (Å²) in [6.07, 6.45) is -4.29. The molecule has 0 aromatic heterocycles. The lowest BCUT2D eigenvalue weighted by Gasteiger charge is -2.33. The van der Waals surface area contributed by atoms with Crippen LogP contribution in [0.4, 0.5) is 13.2 Å². The van der Waals surface area contributed by atoms with E-state index in [4.69, 9.17) is 4.74 Å². The number of rotatable bonds is 2. The molecular formula is C14H15BrF3NO2. The monoisotopic (exact) mass is 365 g/mol. The lowest BCUT2D eigenvalue weighted by Crippen LogP contribution is -2.42. The van der Waals surface area contributed by atoms with Crippen molar-refractivity contribution in [3.63, 3.8) is 0 Å². The van der Waals surface area contributed by atoms with Crippen molar-refractivity contribution in [2.75, 3.05) is 20.2 Å². The number of amides is 1. The molecule has 0 N–H and O–H groups in total. The van der Waals surface area contributed by atoms with Crippen molar-refractivity contribution in [2.45, 2.75) is 19.0 Å². The first-order valence-electron chi connectivity index (χ1n) is 6.53. The topological polar surface area (TPSA) is 29.5 Å². The minimum Gasteiger partial charge on any atom is -0.496 e. The summed E-state index contributed by atoms with van der Waals surface area (Å²) in [4.78, 5) is 13.9. The van der Waals surface area contributed by atoms with Gasteiger partial charge in [0.25, 0.3) is 5.91 Å². The highest BCUT2D eigenvalue weighted by Gasteiger charge is 2.42. The lowest BCUT2D eigenvalue weighted by molar-refractivity contribution is -0.183. The molecule has 0 saturated carbocycles. The number of hydrogen-bond donors (Lipinski definition) is 0. The molecule has 1 aliphatic rings. The van der Waals surface area contributed by atoms with E-state index in [1.807, 2.05) is 0 Å². The highest BCUT2D eigenvalue weighted by atomic mass is 79.9. The number of halogens is 4. The van der Waals surface area contributed by atoms with Crippen LogP contribution in [0.25, 0.3) is 0 Å². The standard InChI is InChI=1S/C14H15BrF3NO2/c1-21-11-4-2-3-10(15)12(11)13(20)19-7-5-9(6-8-19)14(16,17)18/h2-4,9H,5-8H2,1H3. The van der Waals surface area contributed by atoms with E-state index in [1.165, 1.54) is 12.0 Å². The minimum atomic E-state index is -4.18. The highest BCUT2D eigenvalue weighted by Crippen LogP contribution is 2.35. The first-order valence-corrected chi connectivity index (χ1v) is 7.32. The lowest BCUT2D eigenvalue weighted by atomic mass is 9.96. The third-order valence-electron chi connectivity index (χ3n) is 3.65. The minimum absolute atomic E-state index is 0.0536. The van der Waals surface area contributed by atoms with Gasteiger partial charge in [0.15, 0.2) is 0 Å². The maximum absolute atomic E-state index is 12.6. The highest BCUT2D eigenvalue weighted by molar-refractivity contribution is 9.10. The van der Waals surface area contributed by atoms with Crippen LogP contribution >= 0.6 is 15.9 Å². The number of methoxy groups -OCH3 is 1. The first kappa shape index (κ1) is 16.1. The Morgan fingerprint density at radius 1 is 1.33 bits per heavy atom. The van der Waals surface area contributed by atoms with Gasteiger partial charge in [-0.25, -0.2) is 0 Å². The summed E-state index contributed by atoms with van der Waals surface area (Å²) in [6, 6.07) is 5.09. The molecule has 0 spiro atoms. The number of benzene rings is 1. The maximum Gasteiger partial charge on any atom is 0.391 e. The molecule has 21 heavy (non-hydrogen) atoms. The van der Waals surface area contributed by atoms with Crippen LogP contribution in [0.1, 0.15) is 23.2 Å². The molecule has 1 fully saturated rings. The van der Waals surface area contributed by atoms with Crippen molar-refractivity contribution in [2.24, 2.45) is 5.92 Å². The molecule has 1 amide bonds. The van der Waals surface area contributed by atoms with Crippen molar-refractivity contribution in [3.8, 4) is 5.75 Å². The third kappa shape index (κ3) is 3.51.